The normalized spacial score (nSPS) is 11.2. The van der Waals surface area contributed by atoms with Gasteiger partial charge in [0.2, 0.25) is 5.89 Å². The van der Waals surface area contributed by atoms with Crippen LogP contribution < -0.4 is 0 Å². The molecule has 0 spiro atoms. The van der Waals surface area contributed by atoms with Gasteiger partial charge in [-0.2, -0.15) is 4.98 Å². The van der Waals surface area contributed by atoms with Gasteiger partial charge in [0.25, 0.3) is 0 Å². The maximum absolute atomic E-state index is 5.31. The van der Waals surface area contributed by atoms with Gasteiger partial charge in [0, 0.05) is 19.2 Å². The molecule has 3 aromatic heterocycles. The molecular formula is C11H11N5OS. The van der Waals surface area contributed by atoms with E-state index < -0.39 is 0 Å². The smallest absolute Gasteiger partial charge is 0.228 e. The number of aromatic amines is 1. The zero-order valence-electron chi connectivity index (χ0n) is 9.75. The largest absolute Gasteiger partial charge is 0.340 e. The minimum Gasteiger partial charge on any atom is -0.340 e. The number of imidazole rings is 1. The van der Waals surface area contributed by atoms with Gasteiger partial charge < -0.3 is 14.1 Å². The Morgan fingerprint density at radius 3 is 3.11 bits per heavy atom. The van der Waals surface area contributed by atoms with Crippen molar-refractivity contribution in [3.63, 3.8) is 0 Å². The van der Waals surface area contributed by atoms with Crippen molar-refractivity contribution in [3.05, 3.63) is 34.8 Å². The second kappa shape index (κ2) is 4.34. The molecule has 0 amide bonds. The van der Waals surface area contributed by atoms with Crippen LogP contribution in [-0.4, -0.2) is 24.7 Å². The molecule has 3 rings (SSSR count). The fourth-order valence-corrected chi connectivity index (χ4v) is 2.17. The van der Waals surface area contributed by atoms with Crippen molar-refractivity contribution in [1.82, 2.24) is 24.7 Å². The van der Waals surface area contributed by atoms with Gasteiger partial charge in [-0.25, -0.2) is 4.98 Å². The van der Waals surface area contributed by atoms with E-state index in [-0.39, 0.29) is 0 Å². The highest BCUT2D eigenvalue weighted by molar-refractivity contribution is 7.71. The first-order valence-corrected chi connectivity index (χ1v) is 5.96. The van der Waals surface area contributed by atoms with Crippen LogP contribution in [-0.2, 0) is 13.0 Å². The second-order valence-corrected chi connectivity index (χ2v) is 4.38. The van der Waals surface area contributed by atoms with E-state index >= 15 is 0 Å². The van der Waals surface area contributed by atoms with Crippen LogP contribution in [0.5, 0.6) is 0 Å². The maximum atomic E-state index is 5.31. The molecule has 0 unspecified atom stereocenters. The minimum absolute atomic E-state index is 0.596. The van der Waals surface area contributed by atoms with Gasteiger partial charge >= 0.3 is 0 Å². The van der Waals surface area contributed by atoms with Crippen molar-refractivity contribution >= 4 is 23.4 Å². The zero-order valence-corrected chi connectivity index (χ0v) is 10.6. The average Bonchev–Trinajstić information content (AvgIpc) is 2.95. The Labute approximate surface area is 108 Å². The van der Waals surface area contributed by atoms with Crippen LogP contribution >= 0.6 is 12.2 Å². The first-order valence-electron chi connectivity index (χ1n) is 5.55. The van der Waals surface area contributed by atoms with Crippen LogP contribution in [0.4, 0.5) is 0 Å². The summed E-state index contributed by atoms with van der Waals surface area (Å²) >= 11 is 5.31. The summed E-state index contributed by atoms with van der Waals surface area (Å²) in [5.74, 6) is 0.596. The highest BCUT2D eigenvalue weighted by Gasteiger charge is 2.08. The summed E-state index contributed by atoms with van der Waals surface area (Å²) in [7, 11) is 0. The van der Waals surface area contributed by atoms with Crippen LogP contribution in [0.25, 0.3) is 11.2 Å². The quantitative estimate of drug-likeness (QED) is 0.730. The Hall–Kier alpha value is -2.02. The third kappa shape index (κ3) is 1.82. The van der Waals surface area contributed by atoms with Crippen molar-refractivity contribution in [3.8, 4) is 0 Å². The summed E-state index contributed by atoms with van der Waals surface area (Å²) in [6.45, 7) is 2.69. The molecule has 0 saturated heterocycles. The number of H-pyrrole nitrogens is 1. The van der Waals surface area contributed by atoms with Gasteiger partial charge in [0.15, 0.2) is 16.7 Å². The number of nitrogens with zero attached hydrogens (tertiary/aromatic N) is 4. The van der Waals surface area contributed by atoms with E-state index in [1.165, 1.54) is 6.33 Å². The monoisotopic (exact) mass is 261 g/mol. The predicted octanol–water partition coefficient (Wildman–Crippen LogP) is 2.03. The molecule has 7 heteroatoms. The molecule has 6 nitrogen and oxygen atoms in total. The summed E-state index contributed by atoms with van der Waals surface area (Å²) < 4.78 is 7.57. The van der Waals surface area contributed by atoms with Crippen molar-refractivity contribution < 1.29 is 4.52 Å². The third-order valence-corrected chi connectivity index (χ3v) is 3.15. The highest BCUT2D eigenvalue weighted by Crippen LogP contribution is 2.15. The summed E-state index contributed by atoms with van der Waals surface area (Å²) in [6, 6.07) is 1.95. The summed E-state index contributed by atoms with van der Waals surface area (Å²) in [6.07, 6.45) is 3.81. The van der Waals surface area contributed by atoms with Crippen LogP contribution in [0.15, 0.2) is 23.1 Å². The maximum Gasteiger partial charge on any atom is 0.228 e. The van der Waals surface area contributed by atoms with Crippen LogP contribution in [0.3, 0.4) is 0 Å². The fraction of sp³-hybridized carbons (Fsp3) is 0.273. The van der Waals surface area contributed by atoms with E-state index in [0.717, 1.165) is 16.7 Å². The van der Waals surface area contributed by atoms with E-state index in [9.17, 15) is 0 Å². The number of hydrogen-bond acceptors (Lipinski definition) is 5. The highest BCUT2D eigenvalue weighted by atomic mass is 32.1. The minimum atomic E-state index is 0.596. The van der Waals surface area contributed by atoms with Gasteiger partial charge in [-0.3, -0.25) is 0 Å². The Bertz CT molecular complexity index is 728. The standard InChI is InChI=1S/C11H11N5OS/c1-7-2-4-12-10-9(7)15-11(18)16(10)5-3-8-13-6-14-17-8/h2,4,6H,3,5H2,1H3,(H,15,18). The molecule has 3 heterocycles. The SMILES string of the molecule is Cc1ccnc2c1[nH]c(=S)n2CCc1ncno1. The van der Waals surface area contributed by atoms with Gasteiger partial charge in [0.1, 0.15) is 0 Å². The van der Waals surface area contributed by atoms with Crippen LogP contribution in [0.2, 0.25) is 0 Å². The van der Waals surface area contributed by atoms with Gasteiger partial charge in [-0.15, -0.1) is 0 Å². The van der Waals surface area contributed by atoms with E-state index in [2.05, 4.69) is 20.1 Å². The molecule has 0 aliphatic heterocycles. The molecule has 92 valence electrons. The van der Waals surface area contributed by atoms with E-state index in [4.69, 9.17) is 16.7 Å². The second-order valence-electron chi connectivity index (χ2n) is 3.99. The summed E-state index contributed by atoms with van der Waals surface area (Å²) in [5.41, 5.74) is 2.97. The summed E-state index contributed by atoms with van der Waals surface area (Å²) in [4.78, 5) is 11.5. The summed E-state index contributed by atoms with van der Waals surface area (Å²) in [5, 5.41) is 3.58. The van der Waals surface area contributed by atoms with Crippen molar-refractivity contribution in [1.29, 1.82) is 0 Å². The first-order chi connectivity index (χ1) is 8.75. The molecule has 0 aromatic carbocycles. The lowest BCUT2D eigenvalue weighted by Crippen LogP contribution is -2.02. The number of hydrogen-bond donors (Lipinski definition) is 1. The van der Waals surface area contributed by atoms with Crippen molar-refractivity contribution in [2.24, 2.45) is 0 Å². The topological polar surface area (TPSA) is 72.5 Å². The molecule has 0 atom stereocenters. The van der Waals surface area contributed by atoms with Gasteiger partial charge in [0.05, 0.1) is 5.52 Å². The molecule has 0 aliphatic rings. The number of nitrogens with one attached hydrogen (secondary N) is 1. The Kier molecular flexibility index (Phi) is 2.67. The van der Waals surface area contributed by atoms with Crippen LogP contribution in [0.1, 0.15) is 11.5 Å². The molecule has 0 aliphatic carbocycles. The lowest BCUT2D eigenvalue weighted by Gasteiger charge is -2.01. The number of fused-ring (bicyclic) bond motifs is 1. The number of aromatic nitrogens is 5. The average molecular weight is 261 g/mol. The van der Waals surface area contributed by atoms with Gasteiger partial charge in [-0.1, -0.05) is 5.16 Å². The number of rotatable bonds is 3. The molecule has 0 bridgehead atoms. The van der Waals surface area contributed by atoms with E-state index in [0.29, 0.717) is 23.6 Å². The fourth-order valence-electron chi connectivity index (χ4n) is 1.89. The molecular weight excluding hydrogens is 250 g/mol. The predicted molar refractivity (Wildman–Crippen MR) is 67.7 cm³/mol. The molecule has 0 fully saturated rings. The van der Waals surface area contributed by atoms with Crippen molar-refractivity contribution in [2.75, 3.05) is 0 Å². The number of aryl methyl sites for hydroxylation is 3. The molecule has 1 N–H and O–H groups in total. The molecule has 18 heavy (non-hydrogen) atoms. The van der Waals surface area contributed by atoms with E-state index in [1.807, 2.05) is 17.6 Å². The first kappa shape index (κ1) is 11.1. The Morgan fingerprint density at radius 1 is 1.44 bits per heavy atom. The Morgan fingerprint density at radius 2 is 2.33 bits per heavy atom. The van der Waals surface area contributed by atoms with E-state index in [1.54, 1.807) is 6.20 Å². The molecule has 3 aromatic rings. The van der Waals surface area contributed by atoms with Crippen LogP contribution in [0, 0.1) is 11.7 Å². The molecule has 0 saturated carbocycles. The zero-order chi connectivity index (χ0) is 12.5. The number of pyridine rings is 1. The van der Waals surface area contributed by atoms with Gasteiger partial charge in [-0.05, 0) is 30.8 Å². The Balaban J connectivity index is 1.99. The lowest BCUT2D eigenvalue weighted by atomic mass is 10.3. The third-order valence-electron chi connectivity index (χ3n) is 2.83. The lowest BCUT2D eigenvalue weighted by molar-refractivity contribution is 0.371. The van der Waals surface area contributed by atoms with Crippen molar-refractivity contribution in [2.45, 2.75) is 19.9 Å². The molecule has 0 radical (unpaired) electrons.